The van der Waals surface area contributed by atoms with Crippen LogP contribution >= 0.6 is 0 Å². The number of carbonyl (C=O) groups excluding carboxylic acids is 1. The Bertz CT molecular complexity index is 856. The molecule has 1 aliphatic rings. The Labute approximate surface area is 168 Å². The molecule has 0 fully saturated rings. The molecular formula is C21H24N2O6. The van der Waals surface area contributed by atoms with Gasteiger partial charge in [-0.3, -0.25) is 9.69 Å². The number of aliphatic carboxylic acids is 2. The van der Waals surface area contributed by atoms with E-state index in [1.165, 1.54) is 11.1 Å². The molecule has 0 spiro atoms. The van der Waals surface area contributed by atoms with E-state index in [1.807, 2.05) is 24.3 Å². The minimum Gasteiger partial charge on any atom is -0.497 e. The monoisotopic (exact) mass is 400 g/mol. The molecule has 8 heteroatoms. The maximum Gasteiger partial charge on any atom is 0.414 e. The smallest absolute Gasteiger partial charge is 0.414 e. The van der Waals surface area contributed by atoms with Crippen LogP contribution in [0.5, 0.6) is 5.75 Å². The Hall–Kier alpha value is -3.39. The van der Waals surface area contributed by atoms with Gasteiger partial charge in [0.05, 0.1) is 7.11 Å². The van der Waals surface area contributed by atoms with Gasteiger partial charge in [0, 0.05) is 37.8 Å². The number of hydrogen-bond acceptors (Lipinski definition) is 5. The van der Waals surface area contributed by atoms with Crippen LogP contribution in [-0.4, -0.2) is 53.2 Å². The second-order valence-electron chi connectivity index (χ2n) is 6.44. The third-order valence-corrected chi connectivity index (χ3v) is 4.40. The topological polar surface area (TPSA) is 116 Å². The number of nitrogens with one attached hydrogen (secondary N) is 1. The molecule has 1 aliphatic heterocycles. The van der Waals surface area contributed by atoms with Gasteiger partial charge in [-0.1, -0.05) is 30.3 Å². The highest BCUT2D eigenvalue weighted by Gasteiger charge is 2.16. The second-order valence-corrected chi connectivity index (χ2v) is 6.44. The zero-order valence-electron chi connectivity index (χ0n) is 16.1. The summed E-state index contributed by atoms with van der Waals surface area (Å²) in [5, 5.41) is 17.7. The van der Waals surface area contributed by atoms with E-state index in [2.05, 4.69) is 34.5 Å². The summed E-state index contributed by atoms with van der Waals surface area (Å²) in [6.45, 7) is 2.73. The zero-order valence-corrected chi connectivity index (χ0v) is 16.1. The molecule has 0 saturated heterocycles. The summed E-state index contributed by atoms with van der Waals surface area (Å²) in [5.41, 5.74) is 3.59. The Morgan fingerprint density at radius 2 is 1.72 bits per heavy atom. The van der Waals surface area contributed by atoms with Gasteiger partial charge in [0.1, 0.15) is 5.75 Å². The van der Waals surface area contributed by atoms with Crippen molar-refractivity contribution in [3.63, 3.8) is 0 Å². The average molecular weight is 400 g/mol. The summed E-state index contributed by atoms with van der Waals surface area (Å²) >= 11 is 0. The van der Waals surface area contributed by atoms with Crippen molar-refractivity contribution in [3.8, 4) is 5.75 Å². The minimum atomic E-state index is -1.82. The third-order valence-electron chi connectivity index (χ3n) is 4.40. The van der Waals surface area contributed by atoms with Crippen LogP contribution in [-0.2, 0) is 27.3 Å². The molecular weight excluding hydrogens is 376 g/mol. The molecule has 154 valence electrons. The number of benzene rings is 2. The predicted octanol–water partition coefficient (Wildman–Crippen LogP) is 2.24. The number of fused-ring (bicyclic) bond motifs is 1. The van der Waals surface area contributed by atoms with Crippen LogP contribution < -0.4 is 10.1 Å². The van der Waals surface area contributed by atoms with Crippen LogP contribution in [0.3, 0.4) is 0 Å². The number of carboxylic acids is 2. The molecule has 0 aliphatic carbocycles. The van der Waals surface area contributed by atoms with E-state index in [-0.39, 0.29) is 5.91 Å². The number of carbonyl (C=O) groups is 3. The molecule has 0 unspecified atom stereocenters. The van der Waals surface area contributed by atoms with Crippen LogP contribution in [0.1, 0.15) is 17.5 Å². The Morgan fingerprint density at radius 3 is 2.38 bits per heavy atom. The van der Waals surface area contributed by atoms with Gasteiger partial charge in [-0.15, -0.1) is 0 Å². The molecule has 29 heavy (non-hydrogen) atoms. The van der Waals surface area contributed by atoms with E-state index < -0.39 is 11.9 Å². The fourth-order valence-corrected chi connectivity index (χ4v) is 2.93. The van der Waals surface area contributed by atoms with Crippen molar-refractivity contribution in [2.75, 3.05) is 25.5 Å². The lowest BCUT2D eigenvalue weighted by atomic mass is 10.00. The van der Waals surface area contributed by atoms with Gasteiger partial charge in [0.15, 0.2) is 0 Å². The molecule has 0 bridgehead atoms. The zero-order chi connectivity index (χ0) is 21.2. The summed E-state index contributed by atoms with van der Waals surface area (Å²) in [4.78, 5) is 32.7. The molecule has 0 aromatic heterocycles. The highest BCUT2D eigenvalue weighted by molar-refractivity contribution is 6.27. The molecule has 0 radical (unpaired) electrons. The fraction of sp³-hybridized carbons (Fsp3) is 0.286. The lowest BCUT2D eigenvalue weighted by Crippen LogP contribution is -2.33. The molecule has 1 heterocycles. The number of carboxylic acid groups (broad SMARTS) is 2. The number of rotatable bonds is 5. The number of ether oxygens (including phenoxy) is 1. The van der Waals surface area contributed by atoms with Crippen LogP contribution in [0.25, 0.3) is 0 Å². The van der Waals surface area contributed by atoms with E-state index in [1.54, 1.807) is 7.11 Å². The maximum atomic E-state index is 12.1. The highest BCUT2D eigenvalue weighted by Crippen LogP contribution is 2.19. The first-order chi connectivity index (χ1) is 13.9. The molecule has 0 atom stereocenters. The molecule has 3 rings (SSSR count). The van der Waals surface area contributed by atoms with Gasteiger partial charge in [-0.05, 0) is 29.7 Å². The van der Waals surface area contributed by atoms with Gasteiger partial charge in [-0.2, -0.15) is 0 Å². The van der Waals surface area contributed by atoms with E-state index in [4.69, 9.17) is 24.5 Å². The average Bonchev–Trinajstić information content (AvgIpc) is 2.72. The lowest BCUT2D eigenvalue weighted by molar-refractivity contribution is -0.159. The number of anilines is 1. The quantitative estimate of drug-likeness (QED) is 0.659. The van der Waals surface area contributed by atoms with Gasteiger partial charge in [0.2, 0.25) is 5.91 Å². The van der Waals surface area contributed by atoms with Crippen LogP contribution in [0.2, 0.25) is 0 Å². The van der Waals surface area contributed by atoms with Crippen molar-refractivity contribution in [2.45, 2.75) is 19.4 Å². The summed E-state index contributed by atoms with van der Waals surface area (Å²) in [6.07, 6.45) is 1.56. The Balaban J connectivity index is 0.000000438. The largest absolute Gasteiger partial charge is 0.497 e. The fourth-order valence-electron chi connectivity index (χ4n) is 2.93. The summed E-state index contributed by atoms with van der Waals surface area (Å²) < 4.78 is 5.17. The van der Waals surface area contributed by atoms with E-state index in [0.29, 0.717) is 6.42 Å². The minimum absolute atomic E-state index is 0.0390. The van der Waals surface area contributed by atoms with Crippen molar-refractivity contribution in [1.82, 2.24) is 4.90 Å². The standard InChI is InChI=1S/C19H22N2O2.C2H2O4/c1-23-18-8-4-7-17(13-18)20-19(22)10-12-21-11-9-15-5-2-3-6-16(15)14-21;3-1(4)2(5)6/h2-8,13H,9-12,14H2,1H3,(H,20,22);(H,3,4)(H,5,6). The van der Waals surface area contributed by atoms with Crippen molar-refractivity contribution < 1.29 is 29.3 Å². The molecule has 8 nitrogen and oxygen atoms in total. The van der Waals surface area contributed by atoms with Gasteiger partial charge >= 0.3 is 11.9 Å². The van der Waals surface area contributed by atoms with Crippen LogP contribution in [0.15, 0.2) is 48.5 Å². The van der Waals surface area contributed by atoms with Crippen molar-refractivity contribution in [1.29, 1.82) is 0 Å². The summed E-state index contributed by atoms with van der Waals surface area (Å²) in [5.74, 6) is -2.86. The number of methoxy groups -OCH3 is 1. The van der Waals surface area contributed by atoms with Crippen molar-refractivity contribution >= 4 is 23.5 Å². The van der Waals surface area contributed by atoms with Crippen LogP contribution in [0, 0.1) is 0 Å². The first kappa shape index (κ1) is 21.9. The molecule has 2 aromatic carbocycles. The van der Waals surface area contributed by atoms with Crippen molar-refractivity contribution in [2.24, 2.45) is 0 Å². The third kappa shape index (κ3) is 7.27. The molecule has 3 N–H and O–H groups in total. The SMILES string of the molecule is COc1cccc(NC(=O)CCN2CCc3ccccc3C2)c1.O=C(O)C(=O)O. The van der Waals surface area contributed by atoms with Gasteiger partial charge in [0.25, 0.3) is 0 Å². The van der Waals surface area contributed by atoms with E-state index in [9.17, 15) is 4.79 Å². The van der Waals surface area contributed by atoms with Crippen LogP contribution in [0.4, 0.5) is 5.69 Å². The van der Waals surface area contributed by atoms with Gasteiger partial charge in [-0.25, -0.2) is 9.59 Å². The number of hydrogen-bond donors (Lipinski definition) is 3. The lowest BCUT2D eigenvalue weighted by Gasteiger charge is -2.28. The van der Waals surface area contributed by atoms with E-state index >= 15 is 0 Å². The highest BCUT2D eigenvalue weighted by atomic mass is 16.5. The predicted molar refractivity (Wildman–Crippen MR) is 107 cm³/mol. The summed E-state index contributed by atoms with van der Waals surface area (Å²) in [7, 11) is 1.62. The second kappa shape index (κ2) is 10.8. The normalized spacial score (nSPS) is 12.7. The first-order valence-corrected chi connectivity index (χ1v) is 9.08. The Kier molecular flexibility index (Phi) is 8.17. The van der Waals surface area contributed by atoms with Gasteiger partial charge < -0.3 is 20.3 Å². The first-order valence-electron chi connectivity index (χ1n) is 9.08. The Morgan fingerprint density at radius 1 is 1.03 bits per heavy atom. The molecule has 2 aromatic rings. The summed E-state index contributed by atoms with van der Waals surface area (Å²) in [6, 6.07) is 16.0. The maximum absolute atomic E-state index is 12.1. The van der Waals surface area contributed by atoms with E-state index in [0.717, 1.165) is 37.5 Å². The van der Waals surface area contributed by atoms with Crippen molar-refractivity contribution in [3.05, 3.63) is 59.7 Å². The molecule has 1 amide bonds. The number of amides is 1. The molecule has 0 saturated carbocycles. The number of nitrogens with zero attached hydrogens (tertiary/aromatic N) is 1.